The fourth-order valence-corrected chi connectivity index (χ4v) is 5.67. The van der Waals surface area contributed by atoms with Crippen LogP contribution in [-0.4, -0.2) is 40.2 Å². The minimum Gasteiger partial charge on any atom is -0.417 e. The van der Waals surface area contributed by atoms with Gasteiger partial charge in [-0.3, -0.25) is 0 Å². The highest BCUT2D eigenvalue weighted by Crippen LogP contribution is 2.62. The molecule has 1 aliphatic heterocycles. The Bertz CT molecular complexity index is 493. The Balaban J connectivity index is 2.18. The summed E-state index contributed by atoms with van der Waals surface area (Å²) < 4.78 is 18.9. The van der Waals surface area contributed by atoms with E-state index >= 15 is 0 Å². The number of carbonyl (C=O) groups excluding carboxylic acids is 1. The first-order valence-corrected chi connectivity index (χ1v) is 13.2. The van der Waals surface area contributed by atoms with Crippen molar-refractivity contribution in [3.63, 3.8) is 0 Å². The van der Waals surface area contributed by atoms with E-state index in [-0.39, 0.29) is 15.9 Å². The van der Waals surface area contributed by atoms with Gasteiger partial charge >= 0.3 is 0 Å². The second kappa shape index (κ2) is 7.65. The van der Waals surface area contributed by atoms with Gasteiger partial charge in [0.15, 0.2) is 14.1 Å². The third-order valence-electron chi connectivity index (χ3n) is 7.85. The highest BCUT2D eigenvalue weighted by Gasteiger charge is 2.62. The molecule has 4 nitrogen and oxygen atoms in total. The van der Waals surface area contributed by atoms with E-state index in [1.165, 1.54) is 0 Å². The van der Waals surface area contributed by atoms with E-state index in [2.05, 4.69) is 47.7 Å². The summed E-state index contributed by atoms with van der Waals surface area (Å²) in [4.78, 5) is 11.2. The first-order chi connectivity index (χ1) is 11.9. The van der Waals surface area contributed by atoms with E-state index in [0.29, 0.717) is 19.6 Å². The zero-order valence-electron chi connectivity index (χ0n) is 18.1. The number of aldehydes is 1. The van der Waals surface area contributed by atoms with Crippen molar-refractivity contribution in [2.75, 3.05) is 19.8 Å². The van der Waals surface area contributed by atoms with Crippen molar-refractivity contribution >= 4 is 14.6 Å². The molecule has 0 bridgehead atoms. The van der Waals surface area contributed by atoms with Crippen molar-refractivity contribution in [2.24, 2.45) is 10.8 Å². The normalized spacial score (nSPS) is 32.1. The van der Waals surface area contributed by atoms with Crippen molar-refractivity contribution in [3.8, 4) is 0 Å². The molecule has 0 amide bonds. The van der Waals surface area contributed by atoms with E-state index in [9.17, 15) is 4.79 Å². The van der Waals surface area contributed by atoms with Crippen LogP contribution in [0.4, 0.5) is 0 Å². The summed E-state index contributed by atoms with van der Waals surface area (Å²) in [5, 5.41) is 0.222. The van der Waals surface area contributed by atoms with Crippen LogP contribution in [0.2, 0.25) is 18.1 Å². The molecule has 0 N–H and O–H groups in total. The Labute approximate surface area is 161 Å². The average Bonchev–Trinajstić information content (AvgIpc) is 3.00. The molecule has 1 saturated heterocycles. The van der Waals surface area contributed by atoms with Gasteiger partial charge in [-0.25, -0.2) is 0 Å². The standard InChI is InChI=1S/C21H40O4Si/c1-18(2,3)26(6,7)25-15-13-19(4)10-8-12-21(23-16-17-24-21)20(19,5)11-9-14-22/h14H,8-13,15-17H2,1-7H3/t19-,20+/m1/s1. The third kappa shape index (κ3) is 3.82. The monoisotopic (exact) mass is 384 g/mol. The molecule has 2 atom stereocenters. The molecule has 1 spiro atoms. The fraction of sp³-hybridized carbons (Fsp3) is 0.952. The lowest BCUT2D eigenvalue weighted by molar-refractivity contribution is -0.292. The van der Waals surface area contributed by atoms with E-state index in [4.69, 9.17) is 13.9 Å². The minimum atomic E-state index is -1.75. The maximum Gasteiger partial charge on any atom is 0.191 e. The molecule has 26 heavy (non-hydrogen) atoms. The predicted molar refractivity (Wildman–Crippen MR) is 108 cm³/mol. The molecule has 0 radical (unpaired) electrons. The zero-order valence-corrected chi connectivity index (χ0v) is 19.1. The van der Waals surface area contributed by atoms with E-state index < -0.39 is 14.1 Å². The van der Waals surface area contributed by atoms with Crippen LogP contribution >= 0.6 is 0 Å². The summed E-state index contributed by atoms with van der Waals surface area (Å²) in [5.74, 6) is -0.528. The Hall–Kier alpha value is -0.233. The molecule has 0 aromatic rings. The maximum absolute atomic E-state index is 11.2. The van der Waals surface area contributed by atoms with Crippen LogP contribution in [0.25, 0.3) is 0 Å². The first kappa shape index (κ1) is 22.1. The molecular weight excluding hydrogens is 344 g/mol. The van der Waals surface area contributed by atoms with Crippen molar-refractivity contribution in [1.29, 1.82) is 0 Å². The van der Waals surface area contributed by atoms with Crippen molar-refractivity contribution in [1.82, 2.24) is 0 Å². The number of carbonyl (C=O) groups is 1. The summed E-state index contributed by atoms with van der Waals surface area (Å²) in [6, 6.07) is 0. The molecule has 0 unspecified atom stereocenters. The van der Waals surface area contributed by atoms with Gasteiger partial charge in [0.2, 0.25) is 0 Å². The van der Waals surface area contributed by atoms with Crippen LogP contribution in [0.3, 0.4) is 0 Å². The van der Waals surface area contributed by atoms with Crippen LogP contribution in [0, 0.1) is 10.8 Å². The van der Waals surface area contributed by atoms with Crippen LogP contribution in [0.5, 0.6) is 0 Å². The molecule has 1 heterocycles. The van der Waals surface area contributed by atoms with E-state index in [1.54, 1.807) is 0 Å². The summed E-state index contributed by atoms with van der Waals surface area (Å²) in [6.07, 6.45) is 6.57. The topological polar surface area (TPSA) is 44.8 Å². The predicted octanol–water partition coefficient (Wildman–Crippen LogP) is 5.32. The Morgan fingerprint density at radius 3 is 2.23 bits per heavy atom. The molecule has 2 rings (SSSR count). The number of ether oxygens (including phenoxy) is 2. The van der Waals surface area contributed by atoms with Crippen molar-refractivity contribution in [2.45, 2.75) is 97.1 Å². The van der Waals surface area contributed by atoms with Gasteiger partial charge in [-0.05, 0) is 49.2 Å². The molecule has 0 aromatic carbocycles. The molecule has 152 valence electrons. The summed E-state index contributed by atoms with van der Waals surface area (Å²) in [5.41, 5.74) is -0.132. The van der Waals surface area contributed by atoms with Gasteiger partial charge in [0.1, 0.15) is 6.29 Å². The van der Waals surface area contributed by atoms with Gasteiger partial charge in [-0.15, -0.1) is 0 Å². The van der Waals surface area contributed by atoms with E-state index in [0.717, 1.165) is 45.0 Å². The fourth-order valence-electron chi connectivity index (χ4n) is 4.63. The summed E-state index contributed by atoms with van der Waals surface area (Å²) in [6.45, 7) is 18.2. The van der Waals surface area contributed by atoms with Crippen LogP contribution < -0.4 is 0 Å². The maximum atomic E-state index is 11.2. The Morgan fingerprint density at radius 1 is 1.08 bits per heavy atom. The van der Waals surface area contributed by atoms with Crippen LogP contribution in [-0.2, 0) is 18.7 Å². The largest absolute Gasteiger partial charge is 0.417 e. The quantitative estimate of drug-likeness (QED) is 0.440. The lowest BCUT2D eigenvalue weighted by atomic mass is 9.52. The SMILES string of the molecule is CC(C)(C)[Si](C)(C)OCC[C@@]1(C)CCCC2(OCCO2)[C@@]1(C)CCC=O. The Morgan fingerprint density at radius 2 is 1.69 bits per heavy atom. The van der Waals surface area contributed by atoms with Crippen LogP contribution in [0.1, 0.15) is 73.1 Å². The summed E-state index contributed by atoms with van der Waals surface area (Å²) in [7, 11) is -1.75. The second-order valence-electron chi connectivity index (χ2n) is 10.3. The second-order valence-corrected chi connectivity index (χ2v) is 15.1. The number of hydrogen-bond acceptors (Lipinski definition) is 4. The summed E-state index contributed by atoms with van der Waals surface area (Å²) >= 11 is 0. The Kier molecular flexibility index (Phi) is 6.49. The number of rotatable bonds is 7. The van der Waals surface area contributed by atoms with Crippen LogP contribution in [0.15, 0.2) is 0 Å². The van der Waals surface area contributed by atoms with Crippen molar-refractivity contribution < 1.29 is 18.7 Å². The van der Waals surface area contributed by atoms with Gasteiger partial charge in [-0.1, -0.05) is 34.6 Å². The average molecular weight is 385 g/mol. The lowest BCUT2D eigenvalue weighted by Crippen LogP contribution is -2.59. The molecule has 1 aliphatic carbocycles. The van der Waals surface area contributed by atoms with Gasteiger partial charge < -0.3 is 18.7 Å². The molecule has 2 aliphatic rings. The molecule has 5 heteroatoms. The van der Waals surface area contributed by atoms with Crippen molar-refractivity contribution in [3.05, 3.63) is 0 Å². The van der Waals surface area contributed by atoms with E-state index in [1.807, 2.05) is 0 Å². The lowest BCUT2D eigenvalue weighted by Gasteiger charge is -2.59. The molecule has 1 saturated carbocycles. The highest BCUT2D eigenvalue weighted by atomic mass is 28.4. The minimum absolute atomic E-state index is 0.0426. The smallest absolute Gasteiger partial charge is 0.191 e. The molecule has 0 aromatic heterocycles. The highest BCUT2D eigenvalue weighted by molar-refractivity contribution is 6.74. The molecule has 2 fully saturated rings. The first-order valence-electron chi connectivity index (χ1n) is 10.3. The van der Waals surface area contributed by atoms with Gasteiger partial charge in [0, 0.05) is 24.9 Å². The van der Waals surface area contributed by atoms with Gasteiger partial charge in [0.25, 0.3) is 0 Å². The van der Waals surface area contributed by atoms with Gasteiger partial charge in [0.05, 0.1) is 13.2 Å². The number of hydrogen-bond donors (Lipinski definition) is 0. The molecular formula is C21H40O4Si. The third-order valence-corrected chi connectivity index (χ3v) is 12.4. The zero-order chi connectivity index (χ0) is 19.7. The van der Waals surface area contributed by atoms with Gasteiger partial charge in [-0.2, -0.15) is 0 Å².